The van der Waals surface area contributed by atoms with E-state index >= 15 is 0 Å². The second-order valence-corrected chi connectivity index (χ2v) is 6.56. The molecule has 25 heavy (non-hydrogen) atoms. The molecule has 0 bridgehead atoms. The lowest BCUT2D eigenvalue weighted by Crippen LogP contribution is -2.40. The van der Waals surface area contributed by atoms with Gasteiger partial charge in [-0.2, -0.15) is 10.2 Å². The normalized spacial score (nSPS) is 13.8. The third-order valence-corrected chi connectivity index (χ3v) is 4.40. The van der Waals surface area contributed by atoms with E-state index in [0.29, 0.717) is 31.7 Å². The Hall–Kier alpha value is -2.64. The largest absolute Gasteiger partial charge is 0.346 e. The molecule has 0 spiro atoms. The van der Waals surface area contributed by atoms with Crippen molar-refractivity contribution >= 4 is 11.8 Å². The lowest BCUT2D eigenvalue weighted by atomic mass is 10.1. The van der Waals surface area contributed by atoms with E-state index in [1.165, 1.54) is 0 Å². The Labute approximate surface area is 146 Å². The molecule has 2 aromatic heterocycles. The van der Waals surface area contributed by atoms with E-state index in [4.69, 9.17) is 0 Å². The quantitative estimate of drug-likeness (QED) is 0.849. The number of rotatable bonds is 5. The minimum atomic E-state index is -0.159. The molecule has 3 rings (SSSR count). The van der Waals surface area contributed by atoms with Crippen LogP contribution in [0.5, 0.6) is 0 Å². The van der Waals surface area contributed by atoms with Crippen LogP contribution in [-0.2, 0) is 30.8 Å². The highest BCUT2D eigenvalue weighted by Crippen LogP contribution is 2.16. The highest BCUT2D eigenvalue weighted by molar-refractivity contribution is 5.94. The standard InChI is InChI=1S/C17H24N6O2/c1-4-15-14(9-19-20-15)16(24)18-8-12-7-13-10-22(17(25)11(2)3)5-6-23(13)21-12/h7,9,11H,4-6,8,10H2,1-3H3,(H,18,24)(H,19,20). The number of fused-ring (bicyclic) bond motifs is 1. The summed E-state index contributed by atoms with van der Waals surface area (Å²) in [6.07, 6.45) is 2.27. The number of nitrogens with one attached hydrogen (secondary N) is 2. The van der Waals surface area contributed by atoms with Crippen LogP contribution in [0.4, 0.5) is 0 Å². The van der Waals surface area contributed by atoms with E-state index in [-0.39, 0.29) is 17.7 Å². The van der Waals surface area contributed by atoms with Crippen LogP contribution in [0.2, 0.25) is 0 Å². The smallest absolute Gasteiger partial charge is 0.255 e. The van der Waals surface area contributed by atoms with Gasteiger partial charge in [-0.1, -0.05) is 20.8 Å². The first-order valence-corrected chi connectivity index (χ1v) is 8.64. The van der Waals surface area contributed by atoms with Crippen LogP contribution in [0, 0.1) is 5.92 Å². The van der Waals surface area contributed by atoms with Gasteiger partial charge in [0.05, 0.1) is 42.8 Å². The zero-order valence-corrected chi connectivity index (χ0v) is 14.9. The van der Waals surface area contributed by atoms with Crippen molar-refractivity contribution < 1.29 is 9.59 Å². The van der Waals surface area contributed by atoms with Gasteiger partial charge < -0.3 is 10.2 Å². The van der Waals surface area contributed by atoms with Crippen molar-refractivity contribution in [3.05, 3.63) is 34.9 Å². The van der Waals surface area contributed by atoms with Gasteiger partial charge >= 0.3 is 0 Å². The maximum atomic E-state index is 12.3. The molecule has 0 unspecified atom stereocenters. The molecule has 0 radical (unpaired) electrons. The lowest BCUT2D eigenvalue weighted by molar-refractivity contribution is -0.136. The Kier molecular flexibility index (Phi) is 4.87. The van der Waals surface area contributed by atoms with Crippen molar-refractivity contribution in [1.29, 1.82) is 0 Å². The molecule has 0 aliphatic carbocycles. The van der Waals surface area contributed by atoms with Crippen molar-refractivity contribution in [3.63, 3.8) is 0 Å². The van der Waals surface area contributed by atoms with Crippen molar-refractivity contribution in [1.82, 2.24) is 30.2 Å². The Morgan fingerprint density at radius 1 is 1.36 bits per heavy atom. The summed E-state index contributed by atoms with van der Waals surface area (Å²) in [6, 6.07) is 1.95. The second-order valence-electron chi connectivity index (χ2n) is 6.56. The van der Waals surface area contributed by atoms with E-state index in [1.54, 1.807) is 6.20 Å². The number of amides is 2. The van der Waals surface area contributed by atoms with E-state index in [1.807, 2.05) is 36.4 Å². The first-order chi connectivity index (χ1) is 12.0. The average Bonchev–Trinajstić information content (AvgIpc) is 3.24. The summed E-state index contributed by atoms with van der Waals surface area (Å²) in [6.45, 7) is 8.07. The topological polar surface area (TPSA) is 95.9 Å². The summed E-state index contributed by atoms with van der Waals surface area (Å²) in [7, 11) is 0. The maximum Gasteiger partial charge on any atom is 0.255 e. The molecule has 2 aromatic rings. The van der Waals surface area contributed by atoms with Gasteiger partial charge in [-0.3, -0.25) is 19.4 Å². The van der Waals surface area contributed by atoms with E-state index in [2.05, 4.69) is 20.6 Å². The van der Waals surface area contributed by atoms with Crippen LogP contribution < -0.4 is 5.32 Å². The molecule has 0 saturated carbocycles. The Morgan fingerprint density at radius 3 is 2.88 bits per heavy atom. The molecular weight excluding hydrogens is 320 g/mol. The van der Waals surface area contributed by atoms with Gasteiger partial charge in [-0.05, 0) is 12.5 Å². The minimum absolute atomic E-state index is 0.00375. The van der Waals surface area contributed by atoms with Gasteiger partial charge in [-0.15, -0.1) is 0 Å². The molecule has 0 atom stereocenters. The molecule has 3 heterocycles. The molecule has 1 aliphatic rings. The van der Waals surface area contributed by atoms with Crippen LogP contribution in [0.15, 0.2) is 12.3 Å². The highest BCUT2D eigenvalue weighted by atomic mass is 16.2. The number of carbonyl (C=O) groups excluding carboxylic acids is 2. The summed E-state index contributed by atoms with van der Waals surface area (Å²) >= 11 is 0. The maximum absolute atomic E-state index is 12.3. The molecule has 8 heteroatoms. The SMILES string of the molecule is CCc1[nH]ncc1C(=O)NCc1cc2n(n1)CCN(C(=O)C(C)C)C2. The van der Waals surface area contributed by atoms with Gasteiger partial charge in [0.1, 0.15) is 0 Å². The summed E-state index contributed by atoms with van der Waals surface area (Å²) < 4.78 is 1.92. The van der Waals surface area contributed by atoms with E-state index in [0.717, 1.165) is 23.5 Å². The number of carbonyl (C=O) groups is 2. The predicted octanol–water partition coefficient (Wildman–Crippen LogP) is 1.10. The molecular formula is C17H24N6O2. The van der Waals surface area contributed by atoms with Crippen LogP contribution in [-0.4, -0.2) is 43.2 Å². The number of hydrogen-bond donors (Lipinski definition) is 2. The molecule has 2 N–H and O–H groups in total. The predicted molar refractivity (Wildman–Crippen MR) is 91.6 cm³/mol. The highest BCUT2D eigenvalue weighted by Gasteiger charge is 2.24. The molecule has 0 fully saturated rings. The molecule has 1 aliphatic heterocycles. The molecule has 2 amide bonds. The zero-order valence-electron chi connectivity index (χ0n) is 14.9. The van der Waals surface area contributed by atoms with Gasteiger partial charge in [0.25, 0.3) is 5.91 Å². The van der Waals surface area contributed by atoms with Crippen LogP contribution in [0.1, 0.15) is 48.2 Å². The summed E-state index contributed by atoms with van der Waals surface area (Å²) in [5.74, 6) is -0.00140. The third kappa shape index (κ3) is 3.57. The van der Waals surface area contributed by atoms with Crippen LogP contribution in [0.25, 0.3) is 0 Å². The van der Waals surface area contributed by atoms with Crippen molar-refractivity contribution in [2.75, 3.05) is 6.54 Å². The Bertz CT molecular complexity index is 776. The second kappa shape index (κ2) is 7.08. The average molecular weight is 344 g/mol. The van der Waals surface area contributed by atoms with Crippen molar-refractivity contribution in [2.24, 2.45) is 5.92 Å². The summed E-state index contributed by atoms with van der Waals surface area (Å²) in [5, 5.41) is 14.2. The number of aromatic amines is 1. The zero-order chi connectivity index (χ0) is 18.0. The molecule has 0 saturated heterocycles. The summed E-state index contributed by atoms with van der Waals surface area (Å²) in [4.78, 5) is 26.3. The molecule has 134 valence electrons. The van der Waals surface area contributed by atoms with Crippen LogP contribution in [0.3, 0.4) is 0 Å². The van der Waals surface area contributed by atoms with Gasteiger partial charge in [-0.25, -0.2) is 0 Å². The van der Waals surface area contributed by atoms with Gasteiger partial charge in [0.15, 0.2) is 0 Å². The van der Waals surface area contributed by atoms with Crippen molar-refractivity contribution in [2.45, 2.75) is 46.8 Å². The van der Waals surface area contributed by atoms with E-state index in [9.17, 15) is 9.59 Å². The fourth-order valence-electron chi connectivity index (χ4n) is 3.01. The lowest BCUT2D eigenvalue weighted by Gasteiger charge is -2.29. The molecule has 8 nitrogen and oxygen atoms in total. The Balaban J connectivity index is 1.63. The van der Waals surface area contributed by atoms with Gasteiger partial charge in [0, 0.05) is 18.2 Å². The fraction of sp³-hybridized carbons (Fsp3) is 0.529. The number of H-pyrrole nitrogens is 1. The minimum Gasteiger partial charge on any atom is -0.346 e. The number of hydrogen-bond acceptors (Lipinski definition) is 4. The Morgan fingerprint density at radius 2 is 2.16 bits per heavy atom. The number of nitrogens with zero attached hydrogens (tertiary/aromatic N) is 4. The van der Waals surface area contributed by atoms with Crippen molar-refractivity contribution in [3.8, 4) is 0 Å². The van der Waals surface area contributed by atoms with E-state index < -0.39 is 0 Å². The first-order valence-electron chi connectivity index (χ1n) is 8.64. The third-order valence-electron chi connectivity index (χ3n) is 4.40. The summed E-state index contributed by atoms with van der Waals surface area (Å²) in [5.41, 5.74) is 3.19. The monoisotopic (exact) mass is 344 g/mol. The number of aromatic nitrogens is 4. The number of aryl methyl sites for hydroxylation is 1. The molecule has 0 aromatic carbocycles. The fourth-order valence-corrected chi connectivity index (χ4v) is 3.01. The first kappa shape index (κ1) is 17.2. The van der Waals surface area contributed by atoms with Gasteiger partial charge in [0.2, 0.25) is 5.91 Å². The van der Waals surface area contributed by atoms with Crippen LogP contribution >= 0.6 is 0 Å².